The van der Waals surface area contributed by atoms with E-state index in [4.69, 9.17) is 0 Å². The van der Waals surface area contributed by atoms with Crippen LogP contribution in [-0.2, 0) is 6.42 Å². The zero-order valence-corrected chi connectivity index (χ0v) is 10.2. The number of carbonyl (C=O) groups excluding carboxylic acids is 1. The second-order valence-electron chi connectivity index (χ2n) is 4.90. The van der Waals surface area contributed by atoms with Crippen LogP contribution in [0.5, 0.6) is 0 Å². The first kappa shape index (κ1) is 12.3. The number of rotatable bonds is 3. The molecule has 0 aliphatic carbocycles. The molecule has 1 aliphatic rings. The summed E-state index contributed by atoms with van der Waals surface area (Å²) in [6.07, 6.45) is 2.26. The number of aliphatic hydroxyl groups is 1. The molecular weight excluding hydrogens is 214 g/mol. The van der Waals surface area contributed by atoms with Gasteiger partial charge in [-0.1, -0.05) is 24.3 Å². The van der Waals surface area contributed by atoms with Gasteiger partial charge in [0.05, 0.1) is 5.60 Å². The van der Waals surface area contributed by atoms with Crippen molar-refractivity contribution in [2.45, 2.75) is 31.8 Å². The highest BCUT2D eigenvalue weighted by molar-refractivity contribution is 5.93. The van der Waals surface area contributed by atoms with Crippen LogP contribution in [0.15, 0.2) is 24.3 Å². The molecular formula is C14H19NO2. The Morgan fingerprint density at radius 2 is 1.88 bits per heavy atom. The Kier molecular flexibility index (Phi) is 3.60. The molecule has 2 N–H and O–H groups in total. The summed E-state index contributed by atoms with van der Waals surface area (Å²) in [4.78, 5) is 11.2. The smallest absolute Gasteiger partial charge is 0.159 e. The van der Waals surface area contributed by atoms with Gasteiger partial charge in [-0.15, -0.1) is 0 Å². The van der Waals surface area contributed by atoms with E-state index in [1.54, 1.807) is 6.92 Å². The van der Waals surface area contributed by atoms with Crippen molar-refractivity contribution in [2.75, 3.05) is 13.1 Å². The van der Waals surface area contributed by atoms with Crippen molar-refractivity contribution >= 4 is 5.78 Å². The Morgan fingerprint density at radius 1 is 1.29 bits per heavy atom. The molecule has 1 aromatic rings. The highest BCUT2D eigenvalue weighted by atomic mass is 16.3. The van der Waals surface area contributed by atoms with E-state index in [0.29, 0.717) is 6.42 Å². The van der Waals surface area contributed by atoms with Gasteiger partial charge in [0.2, 0.25) is 0 Å². The second kappa shape index (κ2) is 4.98. The SMILES string of the molecule is CC(=O)c1ccc(CC2(O)CCNCC2)cc1. The summed E-state index contributed by atoms with van der Waals surface area (Å²) in [7, 11) is 0. The van der Waals surface area contributed by atoms with E-state index in [-0.39, 0.29) is 5.78 Å². The topological polar surface area (TPSA) is 49.3 Å². The first-order chi connectivity index (χ1) is 8.09. The second-order valence-corrected chi connectivity index (χ2v) is 4.90. The Bertz CT molecular complexity index is 391. The van der Waals surface area contributed by atoms with Crippen molar-refractivity contribution in [3.05, 3.63) is 35.4 Å². The normalized spacial score (nSPS) is 18.9. The van der Waals surface area contributed by atoms with Crippen LogP contribution in [0.25, 0.3) is 0 Å². The lowest BCUT2D eigenvalue weighted by molar-refractivity contribution is 0.0109. The molecule has 1 heterocycles. The summed E-state index contributed by atoms with van der Waals surface area (Å²) >= 11 is 0. The lowest BCUT2D eigenvalue weighted by Gasteiger charge is -2.32. The van der Waals surface area contributed by atoms with Crippen LogP contribution in [0, 0.1) is 0 Å². The standard InChI is InChI=1S/C14H19NO2/c1-11(16)13-4-2-12(3-5-13)10-14(17)6-8-15-9-7-14/h2-5,15,17H,6-10H2,1H3. The minimum Gasteiger partial charge on any atom is -0.389 e. The fourth-order valence-electron chi connectivity index (χ4n) is 2.31. The molecule has 1 fully saturated rings. The van der Waals surface area contributed by atoms with E-state index in [1.807, 2.05) is 24.3 Å². The monoisotopic (exact) mass is 233 g/mol. The molecule has 3 nitrogen and oxygen atoms in total. The highest BCUT2D eigenvalue weighted by Crippen LogP contribution is 2.23. The third kappa shape index (κ3) is 3.14. The van der Waals surface area contributed by atoms with E-state index < -0.39 is 5.60 Å². The maximum atomic E-state index is 11.2. The molecule has 0 aromatic heterocycles. The third-order valence-electron chi connectivity index (χ3n) is 3.43. The van der Waals surface area contributed by atoms with Gasteiger partial charge in [-0.25, -0.2) is 0 Å². The third-order valence-corrected chi connectivity index (χ3v) is 3.43. The van der Waals surface area contributed by atoms with Gasteiger partial charge in [-0.2, -0.15) is 0 Å². The Balaban J connectivity index is 2.05. The van der Waals surface area contributed by atoms with Crippen molar-refractivity contribution in [1.29, 1.82) is 0 Å². The highest BCUT2D eigenvalue weighted by Gasteiger charge is 2.29. The molecule has 0 radical (unpaired) electrons. The molecule has 1 aliphatic heterocycles. The number of hydrogen-bond acceptors (Lipinski definition) is 3. The number of Topliss-reactive ketones (excluding diaryl/α,β-unsaturated/α-hetero) is 1. The van der Waals surface area contributed by atoms with Crippen molar-refractivity contribution < 1.29 is 9.90 Å². The van der Waals surface area contributed by atoms with Crippen LogP contribution < -0.4 is 5.32 Å². The van der Waals surface area contributed by atoms with Gasteiger partial charge in [-0.3, -0.25) is 4.79 Å². The largest absolute Gasteiger partial charge is 0.389 e. The molecule has 17 heavy (non-hydrogen) atoms. The molecule has 0 atom stereocenters. The molecule has 1 saturated heterocycles. The number of benzene rings is 1. The number of nitrogens with one attached hydrogen (secondary N) is 1. The molecule has 0 bridgehead atoms. The summed E-state index contributed by atoms with van der Waals surface area (Å²) in [6, 6.07) is 7.55. The van der Waals surface area contributed by atoms with Crippen molar-refractivity contribution in [1.82, 2.24) is 5.32 Å². The van der Waals surface area contributed by atoms with Crippen LogP contribution in [0.4, 0.5) is 0 Å². The number of piperidine rings is 1. The van der Waals surface area contributed by atoms with Gasteiger partial charge in [-0.05, 0) is 38.4 Å². The minimum absolute atomic E-state index is 0.0807. The lowest BCUT2D eigenvalue weighted by Crippen LogP contribution is -2.43. The van der Waals surface area contributed by atoms with Gasteiger partial charge in [0.1, 0.15) is 0 Å². The summed E-state index contributed by atoms with van der Waals surface area (Å²) in [6.45, 7) is 3.32. The Labute approximate surface area is 102 Å². The summed E-state index contributed by atoms with van der Waals surface area (Å²) in [5, 5.41) is 13.6. The van der Waals surface area contributed by atoms with E-state index >= 15 is 0 Å². The molecule has 0 unspecified atom stereocenters. The predicted octanol–water partition coefficient (Wildman–Crippen LogP) is 1.55. The number of carbonyl (C=O) groups is 1. The van der Waals surface area contributed by atoms with Crippen molar-refractivity contribution in [3.8, 4) is 0 Å². The first-order valence-electron chi connectivity index (χ1n) is 6.12. The summed E-state index contributed by atoms with van der Waals surface area (Å²) in [5.74, 6) is 0.0807. The minimum atomic E-state index is -0.580. The zero-order valence-electron chi connectivity index (χ0n) is 10.2. The van der Waals surface area contributed by atoms with Crippen LogP contribution >= 0.6 is 0 Å². The van der Waals surface area contributed by atoms with Crippen LogP contribution in [-0.4, -0.2) is 29.6 Å². The van der Waals surface area contributed by atoms with Gasteiger partial charge < -0.3 is 10.4 Å². The molecule has 92 valence electrons. The molecule has 0 spiro atoms. The number of hydrogen-bond donors (Lipinski definition) is 2. The lowest BCUT2D eigenvalue weighted by atomic mass is 9.86. The van der Waals surface area contributed by atoms with Gasteiger partial charge >= 0.3 is 0 Å². The molecule has 3 heteroatoms. The van der Waals surface area contributed by atoms with Crippen LogP contribution in [0.2, 0.25) is 0 Å². The van der Waals surface area contributed by atoms with E-state index in [2.05, 4.69) is 5.32 Å². The molecule has 2 rings (SSSR count). The molecule has 0 amide bonds. The fourth-order valence-corrected chi connectivity index (χ4v) is 2.31. The van der Waals surface area contributed by atoms with Gasteiger partial charge in [0.25, 0.3) is 0 Å². The van der Waals surface area contributed by atoms with Crippen molar-refractivity contribution in [3.63, 3.8) is 0 Å². The van der Waals surface area contributed by atoms with Gasteiger partial charge in [0.15, 0.2) is 5.78 Å². The number of ketones is 1. The maximum absolute atomic E-state index is 11.2. The summed E-state index contributed by atoms with van der Waals surface area (Å²) in [5.41, 5.74) is 1.24. The van der Waals surface area contributed by atoms with Crippen LogP contribution in [0.3, 0.4) is 0 Å². The Morgan fingerprint density at radius 3 is 2.41 bits per heavy atom. The average Bonchev–Trinajstić information content (AvgIpc) is 2.30. The summed E-state index contributed by atoms with van der Waals surface area (Å²) < 4.78 is 0. The zero-order chi connectivity index (χ0) is 12.3. The van der Waals surface area contributed by atoms with E-state index in [1.165, 1.54) is 0 Å². The van der Waals surface area contributed by atoms with E-state index in [9.17, 15) is 9.90 Å². The predicted molar refractivity (Wildman–Crippen MR) is 67.2 cm³/mol. The van der Waals surface area contributed by atoms with Crippen molar-refractivity contribution in [2.24, 2.45) is 0 Å². The maximum Gasteiger partial charge on any atom is 0.159 e. The molecule has 1 aromatic carbocycles. The molecule has 0 saturated carbocycles. The van der Waals surface area contributed by atoms with Crippen LogP contribution in [0.1, 0.15) is 35.7 Å². The average molecular weight is 233 g/mol. The van der Waals surface area contributed by atoms with Gasteiger partial charge in [0, 0.05) is 12.0 Å². The van der Waals surface area contributed by atoms with E-state index in [0.717, 1.165) is 37.1 Å². The Hall–Kier alpha value is -1.19. The first-order valence-corrected chi connectivity index (χ1v) is 6.12. The quantitative estimate of drug-likeness (QED) is 0.779. The fraction of sp³-hybridized carbons (Fsp3) is 0.500.